The first-order valence-corrected chi connectivity index (χ1v) is 9.95. The maximum atomic E-state index is 13.7. The summed E-state index contributed by atoms with van der Waals surface area (Å²) in [4.78, 5) is 20.6. The van der Waals surface area contributed by atoms with Crippen LogP contribution in [-0.2, 0) is 13.1 Å². The molecule has 0 saturated carbocycles. The van der Waals surface area contributed by atoms with E-state index in [1.807, 2.05) is 0 Å². The molecule has 0 aliphatic carbocycles. The Morgan fingerprint density at radius 1 is 1.42 bits per heavy atom. The van der Waals surface area contributed by atoms with Crippen molar-refractivity contribution in [2.45, 2.75) is 45.8 Å². The molecule has 1 aliphatic rings. The third-order valence-corrected chi connectivity index (χ3v) is 5.33. The Bertz CT molecular complexity index is 967. The number of fused-ring (bicyclic) bond motifs is 1. The smallest absolute Gasteiger partial charge is 0.278 e. The van der Waals surface area contributed by atoms with Crippen LogP contribution in [0.2, 0.25) is 0 Å². The van der Waals surface area contributed by atoms with Crippen LogP contribution in [0.25, 0.3) is 0 Å². The standard InChI is InChI=1S/C21H26F2N4O4/c1-13-8-16(9-26-20(13)31-12-21(3,22)23)14(2)27(30)10-15-4-5-24-18(17(15)11-27)19(29)25-6-7-28/h4-5,8-9,14,28H,6-7,10-12H2,1-3H3,(H,25,29). The second-order valence-electron chi connectivity index (χ2n) is 7.97. The lowest BCUT2D eigenvalue weighted by Gasteiger charge is -2.44. The van der Waals surface area contributed by atoms with Gasteiger partial charge < -0.3 is 25.0 Å². The molecule has 3 heterocycles. The van der Waals surface area contributed by atoms with E-state index in [9.17, 15) is 18.8 Å². The number of aromatic nitrogens is 2. The summed E-state index contributed by atoms with van der Waals surface area (Å²) < 4.78 is 30.6. The van der Waals surface area contributed by atoms with Gasteiger partial charge in [0.2, 0.25) is 5.88 Å². The van der Waals surface area contributed by atoms with Crippen molar-refractivity contribution in [1.82, 2.24) is 15.3 Å². The lowest BCUT2D eigenvalue weighted by atomic mass is 10.1. The Hall–Kier alpha value is -2.69. The summed E-state index contributed by atoms with van der Waals surface area (Å²) in [5.41, 5.74) is 2.74. The first-order valence-electron chi connectivity index (χ1n) is 9.95. The van der Waals surface area contributed by atoms with Crippen LogP contribution in [0.5, 0.6) is 5.88 Å². The Labute approximate surface area is 179 Å². The fraction of sp³-hybridized carbons (Fsp3) is 0.476. The molecule has 1 aliphatic heterocycles. The van der Waals surface area contributed by atoms with E-state index in [0.29, 0.717) is 16.7 Å². The van der Waals surface area contributed by atoms with Gasteiger partial charge in [-0.1, -0.05) is 0 Å². The number of carbonyl (C=O) groups excluding carboxylic acids is 1. The number of pyridine rings is 2. The molecule has 2 N–H and O–H groups in total. The molecule has 1 amide bonds. The highest BCUT2D eigenvalue weighted by molar-refractivity contribution is 5.94. The molecule has 168 valence electrons. The molecule has 2 aromatic heterocycles. The molecule has 0 fully saturated rings. The highest BCUT2D eigenvalue weighted by atomic mass is 19.3. The van der Waals surface area contributed by atoms with Crippen LogP contribution in [0.15, 0.2) is 24.5 Å². The number of halogens is 2. The molecule has 31 heavy (non-hydrogen) atoms. The van der Waals surface area contributed by atoms with Gasteiger partial charge in [0, 0.05) is 48.1 Å². The molecule has 0 bridgehead atoms. The molecule has 0 radical (unpaired) electrons. The number of nitrogens with one attached hydrogen (secondary N) is 1. The van der Waals surface area contributed by atoms with E-state index < -0.39 is 29.1 Å². The van der Waals surface area contributed by atoms with E-state index in [-0.39, 0.29) is 37.8 Å². The van der Waals surface area contributed by atoms with Crippen molar-refractivity contribution in [3.05, 3.63) is 57.7 Å². The number of nitrogens with zero attached hydrogens (tertiary/aromatic N) is 3. The Kier molecular flexibility index (Phi) is 6.54. The van der Waals surface area contributed by atoms with Crippen LogP contribution in [0.1, 0.15) is 52.6 Å². The number of aliphatic hydroxyl groups is 1. The van der Waals surface area contributed by atoms with Gasteiger partial charge in [0.25, 0.3) is 11.8 Å². The van der Waals surface area contributed by atoms with Crippen LogP contribution >= 0.6 is 0 Å². The third-order valence-electron chi connectivity index (χ3n) is 5.33. The van der Waals surface area contributed by atoms with Gasteiger partial charge in [-0.25, -0.2) is 13.8 Å². The first kappa shape index (κ1) is 23.0. The van der Waals surface area contributed by atoms with Gasteiger partial charge in [-0.2, -0.15) is 0 Å². The van der Waals surface area contributed by atoms with E-state index in [2.05, 4.69) is 15.3 Å². The minimum atomic E-state index is -2.97. The summed E-state index contributed by atoms with van der Waals surface area (Å²) in [7, 11) is 0. The largest absolute Gasteiger partial charge is 0.632 e. The van der Waals surface area contributed by atoms with Gasteiger partial charge in [0.05, 0.1) is 6.61 Å². The monoisotopic (exact) mass is 436 g/mol. The molecule has 10 heteroatoms. The summed E-state index contributed by atoms with van der Waals surface area (Å²) in [6.45, 7) is 3.58. The van der Waals surface area contributed by atoms with Crippen LogP contribution in [0, 0.1) is 12.1 Å². The normalized spacial score (nSPS) is 19.1. The maximum Gasteiger partial charge on any atom is 0.278 e. The Morgan fingerprint density at radius 3 is 2.81 bits per heavy atom. The number of aryl methyl sites for hydroxylation is 1. The van der Waals surface area contributed by atoms with Gasteiger partial charge in [0.1, 0.15) is 24.8 Å². The number of alkyl halides is 2. The van der Waals surface area contributed by atoms with E-state index in [0.717, 1.165) is 12.5 Å². The Balaban J connectivity index is 1.80. The minimum Gasteiger partial charge on any atom is -0.632 e. The lowest BCUT2D eigenvalue weighted by molar-refractivity contribution is -0.928. The van der Waals surface area contributed by atoms with Crippen LogP contribution in [0.3, 0.4) is 0 Å². The molecule has 0 saturated heterocycles. The first-order chi connectivity index (χ1) is 14.5. The fourth-order valence-electron chi connectivity index (χ4n) is 3.62. The molecule has 8 nitrogen and oxygen atoms in total. The predicted octanol–water partition coefficient (Wildman–Crippen LogP) is 2.63. The van der Waals surface area contributed by atoms with Crippen molar-refractivity contribution in [1.29, 1.82) is 0 Å². The van der Waals surface area contributed by atoms with E-state index >= 15 is 0 Å². The average Bonchev–Trinajstić information content (AvgIpc) is 3.07. The summed E-state index contributed by atoms with van der Waals surface area (Å²) >= 11 is 0. The molecule has 0 spiro atoms. The van der Waals surface area contributed by atoms with Gasteiger partial charge in [-0.05, 0) is 26.0 Å². The number of ether oxygens (including phenoxy) is 1. The second kappa shape index (κ2) is 8.81. The van der Waals surface area contributed by atoms with Crippen LogP contribution < -0.4 is 10.1 Å². The number of hydrogen-bond acceptors (Lipinski definition) is 6. The van der Waals surface area contributed by atoms with Crippen molar-refractivity contribution in [2.75, 3.05) is 19.8 Å². The highest BCUT2D eigenvalue weighted by Gasteiger charge is 2.37. The summed E-state index contributed by atoms with van der Waals surface area (Å²) in [6, 6.07) is 2.93. The maximum absolute atomic E-state index is 13.7. The molecular formula is C21H26F2N4O4. The number of hydroxylamine groups is 3. The van der Waals surface area contributed by atoms with E-state index in [1.165, 1.54) is 12.4 Å². The number of amides is 1. The lowest BCUT2D eigenvalue weighted by Crippen LogP contribution is -2.39. The number of quaternary nitrogens is 1. The van der Waals surface area contributed by atoms with Crippen LogP contribution in [0.4, 0.5) is 8.78 Å². The highest BCUT2D eigenvalue weighted by Crippen LogP contribution is 2.39. The van der Waals surface area contributed by atoms with Gasteiger partial charge in [-0.3, -0.25) is 9.78 Å². The summed E-state index contributed by atoms with van der Waals surface area (Å²) in [6.07, 6.45) is 2.96. The zero-order valence-corrected chi connectivity index (χ0v) is 17.7. The summed E-state index contributed by atoms with van der Waals surface area (Å²) in [5, 5.41) is 25.2. The summed E-state index contributed by atoms with van der Waals surface area (Å²) in [5.74, 6) is -3.30. The molecule has 2 aromatic rings. The molecule has 0 aromatic carbocycles. The quantitative estimate of drug-likeness (QED) is 0.487. The molecular weight excluding hydrogens is 410 g/mol. The molecule has 2 unspecified atom stereocenters. The van der Waals surface area contributed by atoms with Crippen molar-refractivity contribution >= 4 is 5.91 Å². The van der Waals surface area contributed by atoms with Crippen LogP contribution in [-0.4, -0.2) is 51.3 Å². The average molecular weight is 436 g/mol. The number of aliphatic hydroxyl groups excluding tert-OH is 1. The van der Waals surface area contributed by atoms with Gasteiger partial charge in [0.15, 0.2) is 6.61 Å². The van der Waals surface area contributed by atoms with Crippen molar-refractivity contribution in [3.8, 4) is 5.88 Å². The topological polar surface area (TPSA) is 107 Å². The van der Waals surface area contributed by atoms with E-state index in [4.69, 9.17) is 9.84 Å². The fourth-order valence-corrected chi connectivity index (χ4v) is 3.62. The number of rotatable bonds is 8. The zero-order chi connectivity index (χ0) is 22.8. The van der Waals surface area contributed by atoms with Crippen molar-refractivity contribution < 1.29 is 28.1 Å². The number of hydrogen-bond donors (Lipinski definition) is 2. The van der Waals surface area contributed by atoms with Crippen molar-refractivity contribution in [3.63, 3.8) is 0 Å². The van der Waals surface area contributed by atoms with Crippen molar-refractivity contribution in [2.24, 2.45) is 0 Å². The Morgan fingerprint density at radius 2 is 2.16 bits per heavy atom. The SMILES string of the molecule is Cc1cc(C(C)[N+]2([O-])Cc3ccnc(C(=O)NCCO)c3C2)cnc1OCC(C)(F)F. The van der Waals surface area contributed by atoms with E-state index in [1.54, 1.807) is 26.0 Å². The molecule has 3 rings (SSSR count). The minimum absolute atomic E-state index is 0.0611. The third kappa shape index (κ3) is 5.15. The van der Waals surface area contributed by atoms with Gasteiger partial charge in [-0.15, -0.1) is 0 Å². The predicted molar refractivity (Wildman–Crippen MR) is 108 cm³/mol. The second-order valence-corrected chi connectivity index (χ2v) is 7.97. The zero-order valence-electron chi connectivity index (χ0n) is 17.7. The molecule has 2 atom stereocenters. The number of carbonyl (C=O) groups is 1. The van der Waals surface area contributed by atoms with Gasteiger partial charge >= 0.3 is 0 Å².